The molecule has 2 aromatic rings. The van der Waals surface area contributed by atoms with Crippen LogP contribution in [0.4, 0.5) is 0 Å². The Morgan fingerprint density at radius 1 is 0.759 bits per heavy atom. The molecule has 9 heteroatoms. The molecule has 6 nitrogen and oxygen atoms in total. The van der Waals surface area contributed by atoms with Gasteiger partial charge in [-0.3, -0.25) is 9.59 Å². The molecule has 0 bridgehead atoms. The van der Waals surface area contributed by atoms with Crippen molar-refractivity contribution >= 4 is 53.6 Å². The number of carbonyl (C=O) groups excluding carboxylic acids is 2. The lowest BCUT2D eigenvalue weighted by molar-refractivity contribution is -0.138. The number of sulfone groups is 1. The summed E-state index contributed by atoms with van der Waals surface area (Å²) in [6.45, 7) is 0. The summed E-state index contributed by atoms with van der Waals surface area (Å²) in [6.07, 6.45) is -0.156. The van der Waals surface area contributed by atoms with Crippen LogP contribution in [0.2, 0.25) is 0 Å². The van der Waals surface area contributed by atoms with E-state index in [0.29, 0.717) is 11.5 Å². The van der Waals surface area contributed by atoms with Crippen LogP contribution in [-0.4, -0.2) is 31.9 Å². The first-order chi connectivity index (χ1) is 13.7. The lowest BCUT2D eigenvalue weighted by Crippen LogP contribution is -2.23. The zero-order valence-electron chi connectivity index (χ0n) is 15.2. The van der Waals surface area contributed by atoms with Gasteiger partial charge in [-0.1, -0.05) is 31.9 Å². The summed E-state index contributed by atoms with van der Waals surface area (Å²) >= 11 is 6.60. The monoisotopic (exact) mass is 544 g/mol. The zero-order valence-corrected chi connectivity index (χ0v) is 19.2. The van der Waals surface area contributed by atoms with Crippen molar-refractivity contribution in [1.82, 2.24) is 0 Å². The highest BCUT2D eigenvalue weighted by Gasteiger charge is 2.40. The van der Waals surface area contributed by atoms with E-state index in [1.165, 1.54) is 0 Å². The Morgan fingerprint density at radius 2 is 1.10 bits per heavy atom. The average molecular weight is 546 g/mol. The first-order valence-electron chi connectivity index (χ1n) is 8.83. The highest BCUT2D eigenvalue weighted by atomic mass is 79.9. The van der Waals surface area contributed by atoms with Crippen molar-refractivity contribution in [3.63, 3.8) is 0 Å². The number of halogens is 2. The van der Waals surface area contributed by atoms with E-state index >= 15 is 0 Å². The van der Waals surface area contributed by atoms with E-state index in [0.717, 1.165) is 8.95 Å². The third-order valence-electron chi connectivity index (χ3n) is 4.55. The number of esters is 2. The van der Waals surface area contributed by atoms with Gasteiger partial charge in [-0.05, 0) is 60.4 Å². The van der Waals surface area contributed by atoms with Crippen molar-refractivity contribution in [1.29, 1.82) is 0 Å². The second kappa shape index (κ2) is 9.40. The van der Waals surface area contributed by atoms with Gasteiger partial charge in [0.2, 0.25) is 0 Å². The number of benzene rings is 2. The van der Waals surface area contributed by atoms with E-state index < -0.39 is 33.6 Å². The molecule has 1 aliphatic heterocycles. The van der Waals surface area contributed by atoms with Gasteiger partial charge in [0.05, 0.1) is 24.3 Å². The van der Waals surface area contributed by atoms with Crippen LogP contribution < -0.4 is 9.47 Å². The largest absolute Gasteiger partial charge is 0.427 e. The molecule has 0 amide bonds. The van der Waals surface area contributed by atoms with Crippen molar-refractivity contribution < 1.29 is 27.5 Å². The Balaban J connectivity index is 1.60. The molecule has 0 radical (unpaired) electrons. The van der Waals surface area contributed by atoms with Crippen molar-refractivity contribution in [2.24, 2.45) is 11.8 Å². The quantitative estimate of drug-likeness (QED) is 0.400. The fourth-order valence-electron chi connectivity index (χ4n) is 3.22. The van der Waals surface area contributed by atoms with Gasteiger partial charge in [0.1, 0.15) is 11.5 Å². The number of ether oxygens (including phenoxy) is 2. The van der Waals surface area contributed by atoms with Gasteiger partial charge in [0.15, 0.2) is 9.84 Å². The van der Waals surface area contributed by atoms with Crippen LogP contribution in [0.15, 0.2) is 57.5 Å². The van der Waals surface area contributed by atoms with Gasteiger partial charge >= 0.3 is 11.9 Å². The maximum atomic E-state index is 12.3. The molecule has 1 fully saturated rings. The number of hydrogen-bond donors (Lipinski definition) is 0. The molecule has 3 rings (SSSR count). The first-order valence-corrected chi connectivity index (χ1v) is 12.2. The van der Waals surface area contributed by atoms with Crippen molar-refractivity contribution in [2.45, 2.75) is 12.8 Å². The summed E-state index contributed by atoms with van der Waals surface area (Å²) in [5.41, 5.74) is 0. The molecule has 1 saturated heterocycles. The van der Waals surface area contributed by atoms with Gasteiger partial charge < -0.3 is 9.47 Å². The van der Waals surface area contributed by atoms with E-state index in [-0.39, 0.29) is 24.3 Å². The molecule has 29 heavy (non-hydrogen) atoms. The fourth-order valence-corrected chi connectivity index (χ4v) is 5.97. The molecule has 1 aliphatic rings. The molecule has 0 spiro atoms. The Hall–Kier alpha value is -1.71. The minimum atomic E-state index is -3.32. The van der Waals surface area contributed by atoms with Crippen LogP contribution in [0, 0.1) is 11.8 Å². The normalized spacial score (nSPS) is 20.2. The minimum absolute atomic E-state index is 0.0779. The highest BCUT2D eigenvalue weighted by molar-refractivity contribution is 9.10. The lowest BCUT2D eigenvalue weighted by atomic mass is 9.90. The number of hydrogen-bond acceptors (Lipinski definition) is 6. The molecule has 0 unspecified atom stereocenters. The zero-order chi connectivity index (χ0) is 21.0. The molecule has 0 aromatic heterocycles. The highest BCUT2D eigenvalue weighted by Crippen LogP contribution is 2.32. The third kappa shape index (κ3) is 6.65. The maximum absolute atomic E-state index is 12.3. The Morgan fingerprint density at radius 3 is 1.45 bits per heavy atom. The molecule has 154 valence electrons. The van der Waals surface area contributed by atoms with E-state index in [4.69, 9.17) is 9.47 Å². The van der Waals surface area contributed by atoms with E-state index in [2.05, 4.69) is 31.9 Å². The number of carbonyl (C=O) groups is 2. The van der Waals surface area contributed by atoms with Gasteiger partial charge in [-0.2, -0.15) is 0 Å². The van der Waals surface area contributed by atoms with Crippen LogP contribution in [0.3, 0.4) is 0 Å². The van der Waals surface area contributed by atoms with Crippen LogP contribution in [0.25, 0.3) is 0 Å². The first kappa shape index (κ1) is 22.0. The summed E-state index contributed by atoms with van der Waals surface area (Å²) < 4.78 is 36.5. The molecule has 1 heterocycles. The standard InChI is InChI=1S/C20H18Br2O6S/c21-15-1-5-17(6-2-15)27-19(23)9-13-11-29(25,26)12-14(13)10-20(24)28-18-7-3-16(22)4-8-18/h1-8,13-14H,9-12H2/t13-,14+. The van der Waals surface area contributed by atoms with Crippen molar-refractivity contribution in [2.75, 3.05) is 11.5 Å². The summed E-state index contributed by atoms with van der Waals surface area (Å²) in [7, 11) is -3.32. The predicted octanol–water partition coefficient (Wildman–Crippen LogP) is 4.16. The molecule has 2 aromatic carbocycles. The molecular formula is C20H18Br2O6S. The SMILES string of the molecule is O=C(C[C@@H]1CS(=O)(=O)C[C@@H]1CC(=O)Oc1ccc(Br)cc1)Oc1ccc(Br)cc1. The van der Waals surface area contributed by atoms with E-state index in [1.807, 2.05) is 0 Å². The summed E-state index contributed by atoms with van der Waals surface area (Å²) in [4.78, 5) is 24.5. The second-order valence-electron chi connectivity index (χ2n) is 6.86. The van der Waals surface area contributed by atoms with Gasteiger partial charge in [-0.15, -0.1) is 0 Å². The molecule has 0 N–H and O–H groups in total. The smallest absolute Gasteiger partial charge is 0.311 e. The molecule has 0 aliphatic carbocycles. The molecule has 0 saturated carbocycles. The van der Waals surface area contributed by atoms with E-state index in [9.17, 15) is 18.0 Å². The minimum Gasteiger partial charge on any atom is -0.427 e. The molecular weight excluding hydrogens is 528 g/mol. The molecule has 2 atom stereocenters. The predicted molar refractivity (Wildman–Crippen MR) is 114 cm³/mol. The van der Waals surface area contributed by atoms with Crippen molar-refractivity contribution in [3.05, 3.63) is 57.5 Å². The maximum Gasteiger partial charge on any atom is 0.311 e. The van der Waals surface area contributed by atoms with Gasteiger partial charge in [-0.25, -0.2) is 8.42 Å². The van der Waals surface area contributed by atoms with Crippen LogP contribution in [0.1, 0.15) is 12.8 Å². The fraction of sp³-hybridized carbons (Fsp3) is 0.300. The van der Waals surface area contributed by atoms with Gasteiger partial charge in [0.25, 0.3) is 0 Å². The number of rotatable bonds is 6. The van der Waals surface area contributed by atoms with Crippen molar-refractivity contribution in [3.8, 4) is 11.5 Å². The van der Waals surface area contributed by atoms with Gasteiger partial charge in [0, 0.05) is 8.95 Å². The third-order valence-corrected chi connectivity index (χ3v) is 7.48. The topological polar surface area (TPSA) is 86.7 Å². The summed E-state index contributed by atoms with van der Waals surface area (Å²) in [5.74, 6) is -1.55. The second-order valence-corrected chi connectivity index (χ2v) is 10.8. The van der Waals surface area contributed by atoms with Crippen LogP contribution in [-0.2, 0) is 19.4 Å². The summed E-state index contributed by atoms with van der Waals surface area (Å²) in [6, 6.07) is 13.5. The Bertz CT molecular complexity index is 911. The summed E-state index contributed by atoms with van der Waals surface area (Å²) in [5, 5.41) is 0. The Kier molecular flexibility index (Phi) is 7.13. The average Bonchev–Trinajstić information content (AvgIpc) is 2.91. The van der Waals surface area contributed by atoms with E-state index in [1.54, 1.807) is 48.5 Å². The Labute approximate surface area is 185 Å². The lowest BCUT2D eigenvalue weighted by Gasteiger charge is -2.16. The van der Waals surface area contributed by atoms with Crippen LogP contribution in [0.5, 0.6) is 11.5 Å². The van der Waals surface area contributed by atoms with Crippen LogP contribution >= 0.6 is 31.9 Å².